The van der Waals surface area contributed by atoms with E-state index in [4.69, 9.17) is 0 Å². The molecule has 8 heteroatoms. The minimum Gasteiger partial charge on any atom is -0.344 e. The van der Waals surface area contributed by atoms with Gasteiger partial charge < -0.3 is 9.80 Å². The second-order valence-corrected chi connectivity index (χ2v) is 8.55. The van der Waals surface area contributed by atoms with Crippen molar-refractivity contribution in [2.24, 2.45) is 20.0 Å². The third-order valence-electron chi connectivity index (χ3n) is 6.37. The summed E-state index contributed by atoms with van der Waals surface area (Å²) in [6.07, 6.45) is 3.19. The van der Waals surface area contributed by atoms with Crippen LogP contribution in [0, 0.1) is 5.92 Å². The highest BCUT2D eigenvalue weighted by atomic mass is 16.2. The lowest BCUT2D eigenvalue weighted by Gasteiger charge is -2.23. The SMILES string of the molecule is CN1CCN(C(=O)CCc2ccc3c(c2)n(C)c(=O)n3C)C[C@@H](Cc2ccccn2)C1=O. The standard InChI is InChI=1S/C24H29N5O3/c1-26-12-13-29(16-18(23(26)31)15-19-6-4-5-11-25-19)22(30)10-8-17-7-9-20-21(14-17)28(3)24(32)27(20)2/h4-7,9,11,14,18H,8,10,12-13,15-16H2,1-3H3/t18-/m1/s1. The first-order chi connectivity index (χ1) is 15.3. The van der Waals surface area contributed by atoms with Gasteiger partial charge in [-0.05, 0) is 36.2 Å². The van der Waals surface area contributed by atoms with Crippen LogP contribution in [-0.2, 0) is 36.5 Å². The van der Waals surface area contributed by atoms with Crippen molar-refractivity contribution in [2.75, 3.05) is 26.7 Å². The molecule has 0 saturated carbocycles. The maximum absolute atomic E-state index is 13.0. The molecular formula is C24H29N5O3. The lowest BCUT2D eigenvalue weighted by atomic mass is 10.0. The van der Waals surface area contributed by atoms with Gasteiger partial charge in [0, 0.05) is 65.5 Å². The van der Waals surface area contributed by atoms with Gasteiger partial charge in [-0.3, -0.25) is 23.7 Å². The summed E-state index contributed by atoms with van der Waals surface area (Å²) in [5, 5.41) is 0. The van der Waals surface area contributed by atoms with E-state index in [9.17, 15) is 14.4 Å². The van der Waals surface area contributed by atoms with Crippen LogP contribution in [0.1, 0.15) is 17.7 Å². The average molecular weight is 436 g/mol. The number of amides is 2. The first-order valence-corrected chi connectivity index (χ1v) is 10.9. The Morgan fingerprint density at radius 3 is 2.56 bits per heavy atom. The van der Waals surface area contributed by atoms with Crippen molar-refractivity contribution < 1.29 is 9.59 Å². The summed E-state index contributed by atoms with van der Waals surface area (Å²) in [4.78, 5) is 45.9. The fraction of sp³-hybridized carbons (Fsp3) is 0.417. The lowest BCUT2D eigenvalue weighted by molar-refractivity contribution is -0.134. The summed E-state index contributed by atoms with van der Waals surface area (Å²) in [5.74, 6) is -0.195. The Bertz CT molecular complexity index is 1200. The molecular weight excluding hydrogens is 406 g/mol. The fourth-order valence-electron chi connectivity index (χ4n) is 4.39. The predicted molar refractivity (Wildman–Crippen MR) is 122 cm³/mol. The van der Waals surface area contributed by atoms with Crippen molar-refractivity contribution in [3.05, 3.63) is 64.3 Å². The molecule has 1 fully saturated rings. The third-order valence-corrected chi connectivity index (χ3v) is 6.37. The number of pyridine rings is 1. The number of likely N-dealkylation sites (N-methyl/N-ethyl adjacent to an activating group) is 1. The number of imidazole rings is 1. The smallest absolute Gasteiger partial charge is 0.328 e. The monoisotopic (exact) mass is 435 g/mol. The molecule has 0 N–H and O–H groups in total. The number of carbonyl (C=O) groups is 2. The molecule has 1 aliphatic heterocycles. The van der Waals surface area contributed by atoms with E-state index in [0.717, 1.165) is 22.3 Å². The molecule has 168 valence electrons. The van der Waals surface area contributed by atoms with E-state index in [-0.39, 0.29) is 23.4 Å². The topological polar surface area (TPSA) is 80.4 Å². The zero-order valence-electron chi connectivity index (χ0n) is 18.8. The summed E-state index contributed by atoms with van der Waals surface area (Å²) < 4.78 is 3.25. The van der Waals surface area contributed by atoms with Gasteiger partial charge in [0.1, 0.15) is 0 Å². The minimum absolute atomic E-state index is 0.0427. The highest BCUT2D eigenvalue weighted by Gasteiger charge is 2.30. The summed E-state index contributed by atoms with van der Waals surface area (Å²) in [6.45, 7) is 1.47. The molecule has 3 heterocycles. The van der Waals surface area contributed by atoms with Gasteiger partial charge >= 0.3 is 5.69 Å². The summed E-state index contributed by atoms with van der Waals surface area (Å²) in [7, 11) is 5.31. The average Bonchev–Trinajstić information content (AvgIpc) is 2.92. The van der Waals surface area contributed by atoms with Gasteiger partial charge in [-0.2, -0.15) is 0 Å². The van der Waals surface area contributed by atoms with Crippen molar-refractivity contribution in [2.45, 2.75) is 19.3 Å². The van der Waals surface area contributed by atoms with E-state index in [1.807, 2.05) is 41.3 Å². The second kappa shape index (κ2) is 8.98. The van der Waals surface area contributed by atoms with Crippen molar-refractivity contribution in [1.29, 1.82) is 0 Å². The highest BCUT2D eigenvalue weighted by Crippen LogP contribution is 2.18. The van der Waals surface area contributed by atoms with Gasteiger partial charge in [0.05, 0.1) is 17.0 Å². The summed E-state index contributed by atoms with van der Waals surface area (Å²) in [6, 6.07) is 11.6. The Morgan fingerprint density at radius 2 is 1.81 bits per heavy atom. The number of hydrogen-bond donors (Lipinski definition) is 0. The van der Waals surface area contributed by atoms with Crippen LogP contribution in [-0.4, -0.2) is 62.4 Å². The molecule has 0 radical (unpaired) electrons. The molecule has 3 aromatic rings. The molecule has 8 nitrogen and oxygen atoms in total. The van der Waals surface area contributed by atoms with Gasteiger partial charge in [0.2, 0.25) is 11.8 Å². The largest absolute Gasteiger partial charge is 0.344 e. The van der Waals surface area contributed by atoms with E-state index in [0.29, 0.717) is 38.9 Å². The normalized spacial score (nSPS) is 17.1. The number of carbonyl (C=O) groups excluding carboxylic acids is 2. The van der Waals surface area contributed by atoms with Crippen LogP contribution in [0.15, 0.2) is 47.4 Å². The van der Waals surface area contributed by atoms with Crippen LogP contribution in [0.5, 0.6) is 0 Å². The van der Waals surface area contributed by atoms with E-state index < -0.39 is 0 Å². The van der Waals surface area contributed by atoms with Gasteiger partial charge in [0.25, 0.3) is 0 Å². The molecule has 0 aliphatic carbocycles. The molecule has 0 bridgehead atoms. The third kappa shape index (κ3) is 4.30. The highest BCUT2D eigenvalue weighted by molar-refractivity contribution is 5.82. The molecule has 0 unspecified atom stereocenters. The Morgan fingerprint density at radius 1 is 1.03 bits per heavy atom. The van der Waals surface area contributed by atoms with Crippen LogP contribution < -0.4 is 5.69 Å². The van der Waals surface area contributed by atoms with Crippen LogP contribution in [0.3, 0.4) is 0 Å². The Balaban J connectivity index is 1.45. The van der Waals surface area contributed by atoms with Gasteiger partial charge in [0.15, 0.2) is 0 Å². The van der Waals surface area contributed by atoms with Gasteiger partial charge in [-0.25, -0.2) is 4.79 Å². The molecule has 1 saturated heterocycles. The van der Waals surface area contributed by atoms with E-state index >= 15 is 0 Å². The van der Waals surface area contributed by atoms with E-state index in [2.05, 4.69) is 4.98 Å². The Kier molecular flexibility index (Phi) is 6.12. The Labute approximate surface area is 187 Å². The first kappa shape index (κ1) is 21.8. The van der Waals surface area contributed by atoms with Gasteiger partial charge in [-0.15, -0.1) is 0 Å². The van der Waals surface area contributed by atoms with E-state index in [1.54, 1.807) is 41.4 Å². The van der Waals surface area contributed by atoms with Crippen molar-refractivity contribution in [1.82, 2.24) is 23.9 Å². The number of benzene rings is 1. The van der Waals surface area contributed by atoms with Gasteiger partial charge in [-0.1, -0.05) is 12.1 Å². The van der Waals surface area contributed by atoms with Crippen molar-refractivity contribution in [3.8, 4) is 0 Å². The molecule has 32 heavy (non-hydrogen) atoms. The molecule has 0 spiro atoms. The van der Waals surface area contributed by atoms with Crippen molar-refractivity contribution >= 4 is 22.8 Å². The molecule has 1 aliphatic rings. The van der Waals surface area contributed by atoms with Crippen molar-refractivity contribution in [3.63, 3.8) is 0 Å². The maximum atomic E-state index is 13.0. The van der Waals surface area contributed by atoms with E-state index in [1.165, 1.54) is 0 Å². The van der Waals surface area contributed by atoms with Crippen LogP contribution >= 0.6 is 0 Å². The predicted octanol–water partition coefficient (Wildman–Crippen LogP) is 1.36. The fourth-order valence-corrected chi connectivity index (χ4v) is 4.39. The molecule has 2 amide bonds. The number of nitrogens with zero attached hydrogens (tertiary/aromatic N) is 5. The molecule has 1 aromatic carbocycles. The summed E-state index contributed by atoms with van der Waals surface area (Å²) in [5.41, 5.74) is 3.54. The minimum atomic E-state index is -0.295. The number of aromatic nitrogens is 3. The molecule has 1 atom stereocenters. The number of rotatable bonds is 5. The zero-order valence-corrected chi connectivity index (χ0v) is 18.8. The zero-order chi connectivity index (χ0) is 22.8. The van der Waals surface area contributed by atoms with Crippen LogP contribution in [0.25, 0.3) is 11.0 Å². The summed E-state index contributed by atoms with van der Waals surface area (Å²) >= 11 is 0. The van der Waals surface area contributed by atoms with Crippen LogP contribution in [0.2, 0.25) is 0 Å². The molecule has 4 rings (SSSR count). The Hall–Kier alpha value is -3.42. The molecule has 2 aromatic heterocycles. The lowest BCUT2D eigenvalue weighted by Crippen LogP contribution is -2.37. The first-order valence-electron chi connectivity index (χ1n) is 10.9. The number of hydrogen-bond acceptors (Lipinski definition) is 4. The van der Waals surface area contributed by atoms with Crippen LogP contribution in [0.4, 0.5) is 0 Å². The maximum Gasteiger partial charge on any atom is 0.328 e. The second-order valence-electron chi connectivity index (χ2n) is 8.55. The number of aryl methyl sites for hydroxylation is 3. The number of fused-ring (bicyclic) bond motifs is 1. The quantitative estimate of drug-likeness (QED) is 0.606.